The number of carboxylic acid groups (broad SMARTS) is 1. The molecule has 3 N–H and O–H groups in total. The predicted molar refractivity (Wildman–Crippen MR) is 34.9 cm³/mol. The lowest BCUT2D eigenvalue weighted by Crippen LogP contribution is -2.33. The van der Waals surface area contributed by atoms with Gasteiger partial charge in [0.05, 0.1) is 12.5 Å². The number of carboxylic acids is 1. The molecular formula is C6H10O5. The number of hydrogen-bond acceptors (Lipinski definition) is 4. The minimum Gasteiger partial charge on any atom is -0.481 e. The van der Waals surface area contributed by atoms with E-state index in [0.717, 1.165) is 6.92 Å². The standard InChI is InChI=1S/C6H10O5/c1-3(7)6(11)4(8)2-5(9)10/h4,6,8,11H,2H2,1H3,(H,9,10)/t4?,6-/m1/s1. The maximum Gasteiger partial charge on any atom is 0.306 e. The molecule has 0 amide bonds. The second-order valence-electron chi connectivity index (χ2n) is 2.22. The van der Waals surface area contributed by atoms with Crippen LogP contribution in [0.5, 0.6) is 0 Å². The van der Waals surface area contributed by atoms with Crippen LogP contribution in [-0.2, 0) is 9.59 Å². The van der Waals surface area contributed by atoms with E-state index in [4.69, 9.17) is 15.3 Å². The van der Waals surface area contributed by atoms with Gasteiger partial charge in [-0.2, -0.15) is 0 Å². The Hall–Kier alpha value is -0.940. The number of hydrogen-bond donors (Lipinski definition) is 3. The van der Waals surface area contributed by atoms with Crippen LogP contribution in [0.2, 0.25) is 0 Å². The Morgan fingerprint density at radius 2 is 1.82 bits per heavy atom. The van der Waals surface area contributed by atoms with Crippen molar-refractivity contribution in [2.45, 2.75) is 25.6 Å². The number of aliphatic carboxylic acids is 1. The summed E-state index contributed by atoms with van der Waals surface area (Å²) in [6, 6.07) is 0. The van der Waals surface area contributed by atoms with Crippen molar-refractivity contribution in [3.05, 3.63) is 0 Å². The summed E-state index contributed by atoms with van der Waals surface area (Å²) in [5.74, 6) is -1.89. The van der Waals surface area contributed by atoms with Gasteiger partial charge in [-0.25, -0.2) is 0 Å². The van der Waals surface area contributed by atoms with E-state index in [1.165, 1.54) is 0 Å². The highest BCUT2D eigenvalue weighted by molar-refractivity contribution is 5.81. The van der Waals surface area contributed by atoms with E-state index in [2.05, 4.69) is 0 Å². The highest BCUT2D eigenvalue weighted by Crippen LogP contribution is 1.99. The van der Waals surface area contributed by atoms with Crippen LogP contribution >= 0.6 is 0 Å². The molecule has 5 heteroatoms. The van der Waals surface area contributed by atoms with Crippen LogP contribution in [0.4, 0.5) is 0 Å². The number of carbonyl (C=O) groups excluding carboxylic acids is 1. The van der Waals surface area contributed by atoms with Crippen LogP contribution in [0.15, 0.2) is 0 Å². The molecule has 0 fully saturated rings. The molecule has 0 aliphatic carbocycles. The van der Waals surface area contributed by atoms with Crippen LogP contribution in [0.3, 0.4) is 0 Å². The van der Waals surface area contributed by atoms with Crippen molar-refractivity contribution in [3.63, 3.8) is 0 Å². The van der Waals surface area contributed by atoms with Crippen molar-refractivity contribution in [2.24, 2.45) is 0 Å². The van der Waals surface area contributed by atoms with Gasteiger partial charge in [-0.05, 0) is 6.92 Å². The average Bonchev–Trinajstić information content (AvgIpc) is 1.84. The molecule has 1 unspecified atom stereocenters. The number of Topliss-reactive ketones (excluding diaryl/α,β-unsaturated/α-hetero) is 1. The first kappa shape index (κ1) is 10.1. The van der Waals surface area contributed by atoms with Gasteiger partial charge in [0.15, 0.2) is 5.78 Å². The molecule has 0 rings (SSSR count). The average molecular weight is 162 g/mol. The van der Waals surface area contributed by atoms with Gasteiger partial charge in [0.2, 0.25) is 0 Å². The first-order chi connectivity index (χ1) is 4.95. The summed E-state index contributed by atoms with van der Waals surface area (Å²) in [5.41, 5.74) is 0. The highest BCUT2D eigenvalue weighted by Gasteiger charge is 2.22. The summed E-state index contributed by atoms with van der Waals surface area (Å²) in [4.78, 5) is 20.3. The summed E-state index contributed by atoms with van der Waals surface area (Å²) < 4.78 is 0. The highest BCUT2D eigenvalue weighted by atomic mass is 16.4. The van der Waals surface area contributed by atoms with Crippen LogP contribution < -0.4 is 0 Å². The molecule has 64 valence electrons. The molecule has 0 aliphatic heterocycles. The van der Waals surface area contributed by atoms with Gasteiger partial charge in [-0.15, -0.1) is 0 Å². The zero-order valence-corrected chi connectivity index (χ0v) is 6.02. The van der Waals surface area contributed by atoms with Gasteiger partial charge < -0.3 is 15.3 Å². The monoisotopic (exact) mass is 162 g/mol. The van der Waals surface area contributed by atoms with Gasteiger partial charge in [0.25, 0.3) is 0 Å². The van der Waals surface area contributed by atoms with E-state index in [9.17, 15) is 9.59 Å². The van der Waals surface area contributed by atoms with E-state index < -0.39 is 30.4 Å². The molecule has 0 bridgehead atoms. The summed E-state index contributed by atoms with van der Waals surface area (Å²) in [6.45, 7) is 1.08. The minimum absolute atomic E-state index is 0.624. The van der Waals surface area contributed by atoms with E-state index in [1.54, 1.807) is 0 Å². The summed E-state index contributed by atoms with van der Waals surface area (Å²) in [5, 5.41) is 25.7. The van der Waals surface area contributed by atoms with Crippen molar-refractivity contribution in [1.29, 1.82) is 0 Å². The predicted octanol–water partition coefficient (Wildman–Crippen LogP) is -1.23. The maximum atomic E-state index is 10.4. The third kappa shape index (κ3) is 3.69. The molecule has 0 spiro atoms. The zero-order valence-electron chi connectivity index (χ0n) is 6.02. The Morgan fingerprint density at radius 1 is 1.36 bits per heavy atom. The van der Waals surface area contributed by atoms with Crippen molar-refractivity contribution >= 4 is 11.8 Å². The van der Waals surface area contributed by atoms with Gasteiger partial charge >= 0.3 is 5.97 Å². The van der Waals surface area contributed by atoms with Crippen LogP contribution in [0, 0.1) is 0 Å². The lowest BCUT2D eigenvalue weighted by molar-refractivity contribution is -0.143. The molecule has 0 saturated heterocycles. The van der Waals surface area contributed by atoms with Crippen molar-refractivity contribution in [2.75, 3.05) is 0 Å². The number of ketones is 1. The zero-order chi connectivity index (χ0) is 9.02. The molecule has 0 aromatic heterocycles. The lowest BCUT2D eigenvalue weighted by Gasteiger charge is -2.11. The Balaban J connectivity index is 3.92. The fraction of sp³-hybridized carbons (Fsp3) is 0.667. The van der Waals surface area contributed by atoms with Crippen LogP contribution in [-0.4, -0.2) is 39.3 Å². The lowest BCUT2D eigenvalue weighted by atomic mass is 10.1. The maximum absolute atomic E-state index is 10.4. The van der Waals surface area contributed by atoms with Gasteiger partial charge in [-0.3, -0.25) is 9.59 Å². The summed E-state index contributed by atoms with van der Waals surface area (Å²) in [7, 11) is 0. The van der Waals surface area contributed by atoms with Crippen LogP contribution in [0.1, 0.15) is 13.3 Å². The Morgan fingerprint density at radius 3 is 2.09 bits per heavy atom. The Bertz CT molecular complexity index is 164. The van der Waals surface area contributed by atoms with E-state index in [0.29, 0.717) is 0 Å². The van der Waals surface area contributed by atoms with Gasteiger partial charge in [0, 0.05) is 0 Å². The normalized spacial score (nSPS) is 15.5. The topological polar surface area (TPSA) is 94.8 Å². The smallest absolute Gasteiger partial charge is 0.306 e. The molecule has 0 aromatic rings. The summed E-state index contributed by atoms with van der Waals surface area (Å²) >= 11 is 0. The first-order valence-electron chi connectivity index (χ1n) is 3.03. The quantitative estimate of drug-likeness (QED) is 0.481. The SMILES string of the molecule is CC(=O)[C@@H](O)C(O)CC(=O)O. The first-order valence-corrected chi connectivity index (χ1v) is 3.03. The molecule has 0 aromatic carbocycles. The largest absolute Gasteiger partial charge is 0.481 e. The third-order valence-electron chi connectivity index (χ3n) is 1.16. The second kappa shape index (κ2) is 4.05. The van der Waals surface area contributed by atoms with Crippen molar-refractivity contribution < 1.29 is 24.9 Å². The molecular weight excluding hydrogens is 152 g/mol. The summed E-state index contributed by atoms with van der Waals surface area (Å²) in [6.07, 6.45) is -3.73. The fourth-order valence-electron chi connectivity index (χ4n) is 0.561. The second-order valence-corrected chi connectivity index (χ2v) is 2.22. The molecule has 2 atom stereocenters. The van der Waals surface area contributed by atoms with Gasteiger partial charge in [-0.1, -0.05) is 0 Å². The molecule has 0 heterocycles. The molecule has 11 heavy (non-hydrogen) atoms. The van der Waals surface area contributed by atoms with Crippen molar-refractivity contribution in [3.8, 4) is 0 Å². The number of carbonyl (C=O) groups is 2. The van der Waals surface area contributed by atoms with Gasteiger partial charge in [0.1, 0.15) is 6.10 Å². The molecule has 5 nitrogen and oxygen atoms in total. The third-order valence-corrected chi connectivity index (χ3v) is 1.16. The van der Waals surface area contributed by atoms with E-state index >= 15 is 0 Å². The number of aliphatic hydroxyl groups is 2. The molecule has 0 saturated carbocycles. The van der Waals surface area contributed by atoms with Crippen LogP contribution in [0.25, 0.3) is 0 Å². The number of aliphatic hydroxyl groups excluding tert-OH is 2. The Kier molecular flexibility index (Phi) is 3.70. The molecule has 0 radical (unpaired) electrons. The van der Waals surface area contributed by atoms with Crippen molar-refractivity contribution in [1.82, 2.24) is 0 Å². The molecule has 0 aliphatic rings. The Labute approximate surface area is 63.3 Å². The minimum atomic E-state index is -1.59. The number of rotatable bonds is 4. The fourth-order valence-corrected chi connectivity index (χ4v) is 0.561. The van der Waals surface area contributed by atoms with E-state index in [1.807, 2.05) is 0 Å². The van der Waals surface area contributed by atoms with E-state index in [-0.39, 0.29) is 0 Å².